The molecule has 2 unspecified atom stereocenters. The van der Waals surface area contributed by atoms with Gasteiger partial charge in [0.05, 0.1) is 5.92 Å². The van der Waals surface area contributed by atoms with Crippen molar-refractivity contribution in [2.75, 3.05) is 57.8 Å². The third-order valence-electron chi connectivity index (χ3n) is 10.6. The Labute approximate surface area is 271 Å². The number of carbonyl (C=O) groups is 3. The highest BCUT2D eigenvalue weighted by molar-refractivity contribution is 5.91. The first-order valence-corrected chi connectivity index (χ1v) is 16.7. The second-order valence-electron chi connectivity index (χ2n) is 13.3. The second-order valence-corrected chi connectivity index (χ2v) is 13.3. The Morgan fingerprint density at radius 1 is 0.957 bits per heavy atom. The van der Waals surface area contributed by atoms with Gasteiger partial charge < -0.3 is 35.0 Å². The molecule has 11 nitrogen and oxygen atoms in total. The molecular formula is C35H47N5O6. The van der Waals surface area contributed by atoms with Crippen LogP contribution in [0.5, 0.6) is 5.75 Å². The molecule has 0 aromatic heterocycles. The van der Waals surface area contributed by atoms with E-state index in [2.05, 4.69) is 10.2 Å². The van der Waals surface area contributed by atoms with Crippen LogP contribution in [0.2, 0.25) is 0 Å². The molecule has 0 spiro atoms. The van der Waals surface area contributed by atoms with E-state index >= 15 is 0 Å². The smallest absolute Gasteiger partial charge is 0.407 e. The molecule has 4 aliphatic rings. The van der Waals surface area contributed by atoms with E-state index in [-0.39, 0.29) is 30.3 Å². The largest absolute Gasteiger partial charge is 0.507 e. The first-order chi connectivity index (χ1) is 22.2. The zero-order chi connectivity index (χ0) is 32.4. The van der Waals surface area contributed by atoms with Gasteiger partial charge in [0.1, 0.15) is 5.75 Å². The van der Waals surface area contributed by atoms with Crippen LogP contribution in [-0.4, -0.2) is 118 Å². The summed E-state index contributed by atoms with van der Waals surface area (Å²) < 4.78 is 5.55. The number of nitrogens with one attached hydrogen (secondary N) is 1. The Bertz CT molecular complexity index is 1410. The number of nitrogens with zero attached hydrogens (tertiary/aromatic N) is 4. The standard InChI is InChI=1S/C35H47N5O6/c1-23-19-25(20-24(2)32(23)41)21-29(33(42)38-15-13-37(14-16-38)27-9-17-46-18-10-27)31-22-28(8-12-40(31)35(44)45)39-11-7-26-5-3-4-6-30(26)36-34(39)43/h3-6,19-20,27-29,31,41H,7-18,21-22H2,1-2H3,(H,36,43)(H,44,45)/t28?,29?,31-/m1/s1. The number of carboxylic acid groups (broad SMARTS) is 1. The number of phenolic OH excluding ortho intramolecular Hbond substituents is 1. The summed E-state index contributed by atoms with van der Waals surface area (Å²) in [5.41, 5.74) is 4.22. The number of hydrogen-bond donors (Lipinski definition) is 3. The number of aromatic hydroxyl groups is 1. The quantitative estimate of drug-likeness (QED) is 0.438. The zero-order valence-electron chi connectivity index (χ0n) is 27.0. The van der Waals surface area contributed by atoms with Crippen molar-refractivity contribution in [3.05, 3.63) is 58.7 Å². The number of benzene rings is 2. The van der Waals surface area contributed by atoms with E-state index in [1.54, 1.807) is 0 Å². The van der Waals surface area contributed by atoms with Crippen LogP contribution in [-0.2, 0) is 22.4 Å². The van der Waals surface area contributed by atoms with Gasteiger partial charge in [-0.05, 0) is 80.7 Å². The van der Waals surface area contributed by atoms with Crippen LogP contribution in [0.4, 0.5) is 15.3 Å². The van der Waals surface area contributed by atoms with Crippen LogP contribution in [0.15, 0.2) is 36.4 Å². The fourth-order valence-electron chi connectivity index (χ4n) is 8.02. The van der Waals surface area contributed by atoms with Crippen LogP contribution in [0, 0.1) is 19.8 Å². The summed E-state index contributed by atoms with van der Waals surface area (Å²) in [6.07, 6.45) is 2.89. The number of likely N-dealkylation sites (tertiary alicyclic amines) is 1. The Hall–Kier alpha value is -3.83. The minimum absolute atomic E-state index is 0.0420. The molecule has 4 heterocycles. The molecule has 2 aromatic rings. The van der Waals surface area contributed by atoms with Gasteiger partial charge in [-0.25, -0.2) is 9.59 Å². The van der Waals surface area contributed by atoms with E-state index in [9.17, 15) is 24.6 Å². The molecule has 0 saturated carbocycles. The minimum atomic E-state index is -1.05. The molecular weight excluding hydrogens is 586 g/mol. The number of aryl methyl sites for hydroxylation is 2. The van der Waals surface area contributed by atoms with Crippen molar-refractivity contribution in [2.45, 2.75) is 70.5 Å². The molecule has 4 aliphatic heterocycles. The number of piperazine rings is 1. The van der Waals surface area contributed by atoms with Gasteiger partial charge >= 0.3 is 12.1 Å². The van der Waals surface area contributed by atoms with Crippen molar-refractivity contribution in [2.24, 2.45) is 5.92 Å². The maximum Gasteiger partial charge on any atom is 0.407 e. The summed E-state index contributed by atoms with van der Waals surface area (Å²) in [4.78, 5) is 48.4. The fourth-order valence-corrected chi connectivity index (χ4v) is 8.02. The lowest BCUT2D eigenvalue weighted by Gasteiger charge is -2.46. The van der Waals surface area contributed by atoms with Gasteiger partial charge in [0.15, 0.2) is 0 Å². The van der Waals surface area contributed by atoms with Gasteiger partial charge in [0.2, 0.25) is 5.91 Å². The number of rotatable bonds is 6. The summed E-state index contributed by atoms with van der Waals surface area (Å²) in [5, 5.41) is 23.9. The van der Waals surface area contributed by atoms with Crippen LogP contribution in [0.1, 0.15) is 47.9 Å². The lowest BCUT2D eigenvalue weighted by Crippen LogP contribution is -2.60. The second kappa shape index (κ2) is 13.9. The number of fused-ring (bicyclic) bond motifs is 1. The first-order valence-electron chi connectivity index (χ1n) is 16.7. The Morgan fingerprint density at radius 3 is 2.35 bits per heavy atom. The molecule has 0 aliphatic carbocycles. The van der Waals surface area contributed by atoms with E-state index in [1.165, 1.54) is 4.90 Å². The number of anilines is 1. The number of piperidine rings is 1. The number of phenols is 1. The molecule has 3 fully saturated rings. The van der Waals surface area contributed by atoms with E-state index in [4.69, 9.17) is 4.74 Å². The highest BCUT2D eigenvalue weighted by Crippen LogP contribution is 2.34. The molecule has 0 bridgehead atoms. The van der Waals surface area contributed by atoms with Gasteiger partial charge in [-0.3, -0.25) is 9.69 Å². The minimum Gasteiger partial charge on any atom is -0.507 e. The number of urea groups is 1. The van der Waals surface area contributed by atoms with E-state index < -0.39 is 18.1 Å². The maximum atomic E-state index is 14.6. The molecule has 46 heavy (non-hydrogen) atoms. The van der Waals surface area contributed by atoms with Crippen molar-refractivity contribution in [3.8, 4) is 5.75 Å². The average molecular weight is 634 g/mol. The monoisotopic (exact) mass is 633 g/mol. The zero-order valence-corrected chi connectivity index (χ0v) is 27.0. The Balaban J connectivity index is 1.26. The highest BCUT2D eigenvalue weighted by Gasteiger charge is 2.44. The maximum absolute atomic E-state index is 14.6. The first kappa shape index (κ1) is 32.1. The number of ether oxygens (including phenoxy) is 1. The molecule has 3 N–H and O–H groups in total. The molecule has 0 radical (unpaired) electrons. The summed E-state index contributed by atoms with van der Waals surface area (Å²) >= 11 is 0. The van der Waals surface area contributed by atoms with Gasteiger partial charge in [-0.15, -0.1) is 0 Å². The Kier molecular flexibility index (Phi) is 9.70. The van der Waals surface area contributed by atoms with Gasteiger partial charge in [-0.2, -0.15) is 0 Å². The van der Waals surface area contributed by atoms with Crippen LogP contribution in [0.3, 0.4) is 0 Å². The molecule has 11 heteroatoms. The SMILES string of the molecule is Cc1cc(CC(C(=O)N2CCN(C3CCOCC3)CC2)[C@H]2CC(N3CCc4ccccc4NC3=O)CCN2C(=O)O)cc(C)c1O. The normalized spacial score (nSPS) is 23.8. The number of amides is 4. The Morgan fingerprint density at radius 2 is 1.65 bits per heavy atom. The molecule has 3 saturated heterocycles. The van der Waals surface area contributed by atoms with Gasteiger partial charge in [0, 0.05) is 76.3 Å². The molecule has 248 valence electrons. The summed E-state index contributed by atoms with van der Waals surface area (Å²) in [7, 11) is 0. The van der Waals surface area contributed by atoms with Crippen LogP contribution >= 0.6 is 0 Å². The molecule has 2 aromatic carbocycles. The van der Waals surface area contributed by atoms with Gasteiger partial charge in [-0.1, -0.05) is 30.3 Å². The lowest BCUT2D eigenvalue weighted by atomic mass is 9.82. The third kappa shape index (κ3) is 6.80. The van der Waals surface area contributed by atoms with E-state index in [0.717, 1.165) is 67.1 Å². The molecule has 6 rings (SSSR count). The van der Waals surface area contributed by atoms with Crippen molar-refractivity contribution in [1.82, 2.24) is 19.6 Å². The fraction of sp³-hybridized carbons (Fsp3) is 0.571. The van der Waals surface area contributed by atoms with Crippen LogP contribution in [0.25, 0.3) is 0 Å². The van der Waals surface area contributed by atoms with Crippen molar-refractivity contribution in [1.29, 1.82) is 0 Å². The number of hydrogen-bond acceptors (Lipinski definition) is 6. The van der Waals surface area contributed by atoms with Crippen molar-refractivity contribution in [3.63, 3.8) is 0 Å². The lowest BCUT2D eigenvalue weighted by molar-refractivity contribution is -0.141. The molecule has 4 amide bonds. The predicted molar refractivity (Wildman–Crippen MR) is 174 cm³/mol. The topological polar surface area (TPSA) is 126 Å². The summed E-state index contributed by atoms with van der Waals surface area (Å²) in [6, 6.07) is 11.1. The number of carbonyl (C=O) groups excluding carboxylic acids is 2. The van der Waals surface area contributed by atoms with Crippen molar-refractivity contribution < 1.29 is 29.3 Å². The highest BCUT2D eigenvalue weighted by atomic mass is 16.5. The summed E-state index contributed by atoms with van der Waals surface area (Å²) in [6.45, 7) is 8.75. The predicted octanol–water partition coefficient (Wildman–Crippen LogP) is 4.09. The molecule has 3 atom stereocenters. The average Bonchev–Trinajstić information content (AvgIpc) is 3.24. The summed E-state index contributed by atoms with van der Waals surface area (Å²) in [5.74, 6) is -0.447. The van der Waals surface area contributed by atoms with E-state index in [1.807, 2.05) is 60.0 Å². The van der Waals surface area contributed by atoms with Crippen molar-refractivity contribution >= 4 is 23.7 Å². The van der Waals surface area contributed by atoms with Crippen LogP contribution < -0.4 is 5.32 Å². The third-order valence-corrected chi connectivity index (χ3v) is 10.6. The van der Waals surface area contributed by atoms with Gasteiger partial charge in [0.25, 0.3) is 0 Å². The number of para-hydroxylation sites is 1. The van der Waals surface area contributed by atoms with E-state index in [0.29, 0.717) is 51.4 Å².